The molecule has 2 aromatic rings. The van der Waals surface area contributed by atoms with Crippen LogP contribution < -0.4 is 5.32 Å². The van der Waals surface area contributed by atoms with Crippen molar-refractivity contribution in [1.82, 2.24) is 5.32 Å². The van der Waals surface area contributed by atoms with Gasteiger partial charge in [0.15, 0.2) is 0 Å². The summed E-state index contributed by atoms with van der Waals surface area (Å²) in [4.78, 5) is 12.8. The summed E-state index contributed by atoms with van der Waals surface area (Å²) in [7, 11) is 0. The fraction of sp³-hybridized carbons (Fsp3) is 0.214. The third-order valence-electron chi connectivity index (χ3n) is 2.44. The van der Waals surface area contributed by atoms with Crippen molar-refractivity contribution in [2.24, 2.45) is 0 Å². The molecule has 1 amide bonds. The van der Waals surface area contributed by atoms with Crippen molar-refractivity contribution in [2.75, 3.05) is 6.61 Å². The predicted molar refractivity (Wildman–Crippen MR) is 78.2 cm³/mol. The molecule has 0 aromatic carbocycles. The Bertz CT molecular complexity index is 590. The zero-order chi connectivity index (χ0) is 13.5. The van der Waals surface area contributed by atoms with E-state index in [0.717, 1.165) is 16.0 Å². The van der Waals surface area contributed by atoms with Gasteiger partial charge < -0.3 is 10.4 Å². The number of hydrogen-bond donors (Lipinski definition) is 2. The van der Waals surface area contributed by atoms with Crippen molar-refractivity contribution >= 4 is 28.6 Å². The number of thiophene rings is 2. The lowest BCUT2D eigenvalue weighted by Crippen LogP contribution is -2.24. The summed E-state index contributed by atoms with van der Waals surface area (Å²) in [5.74, 6) is 5.50. The second-order valence-corrected chi connectivity index (χ2v) is 5.58. The Morgan fingerprint density at radius 1 is 1.37 bits per heavy atom. The van der Waals surface area contributed by atoms with E-state index in [1.165, 1.54) is 0 Å². The van der Waals surface area contributed by atoms with Gasteiger partial charge in [-0.05, 0) is 33.8 Å². The molecule has 0 aliphatic heterocycles. The van der Waals surface area contributed by atoms with Crippen LogP contribution in [0, 0.1) is 11.8 Å². The second kappa shape index (κ2) is 7.10. The van der Waals surface area contributed by atoms with Gasteiger partial charge in [0.1, 0.15) is 6.61 Å². The molecular formula is C14H13NO2S2. The molecule has 0 bridgehead atoms. The quantitative estimate of drug-likeness (QED) is 0.847. The van der Waals surface area contributed by atoms with Gasteiger partial charge in [0.25, 0.3) is 0 Å². The average Bonchev–Trinajstić information content (AvgIpc) is 3.05. The molecule has 98 valence electrons. The molecule has 0 aliphatic rings. The van der Waals surface area contributed by atoms with Gasteiger partial charge in [-0.25, -0.2) is 0 Å². The number of nitrogens with one attached hydrogen (secondary N) is 1. The van der Waals surface area contributed by atoms with Gasteiger partial charge in [0.05, 0.1) is 13.0 Å². The minimum atomic E-state index is -0.153. The van der Waals surface area contributed by atoms with Crippen molar-refractivity contribution in [1.29, 1.82) is 0 Å². The zero-order valence-electron chi connectivity index (χ0n) is 10.2. The molecule has 0 radical (unpaired) electrons. The number of hydrogen-bond acceptors (Lipinski definition) is 4. The summed E-state index contributed by atoms with van der Waals surface area (Å²) in [6.07, 6.45) is 0.409. The van der Waals surface area contributed by atoms with Crippen LogP contribution in [-0.2, 0) is 17.8 Å². The van der Waals surface area contributed by atoms with Crippen LogP contribution in [-0.4, -0.2) is 17.6 Å². The highest BCUT2D eigenvalue weighted by atomic mass is 32.1. The van der Waals surface area contributed by atoms with Crippen molar-refractivity contribution < 1.29 is 9.90 Å². The van der Waals surface area contributed by atoms with Crippen LogP contribution in [0.4, 0.5) is 0 Å². The van der Waals surface area contributed by atoms with Crippen molar-refractivity contribution in [3.05, 3.63) is 44.3 Å². The Kier molecular flexibility index (Phi) is 5.16. The molecule has 19 heavy (non-hydrogen) atoms. The van der Waals surface area contributed by atoms with Gasteiger partial charge in [-0.15, -0.1) is 11.3 Å². The predicted octanol–water partition coefficient (Wildman–Crippen LogP) is 2.01. The molecule has 2 N–H and O–H groups in total. The van der Waals surface area contributed by atoms with Gasteiger partial charge in [-0.1, -0.05) is 11.8 Å². The largest absolute Gasteiger partial charge is 0.384 e. The van der Waals surface area contributed by atoms with Crippen molar-refractivity contribution in [3.8, 4) is 11.8 Å². The highest BCUT2D eigenvalue weighted by Crippen LogP contribution is 2.15. The first-order valence-corrected chi connectivity index (χ1v) is 7.55. The summed E-state index contributed by atoms with van der Waals surface area (Å²) in [5, 5.41) is 17.4. The van der Waals surface area contributed by atoms with Crippen LogP contribution in [0.25, 0.3) is 0 Å². The molecule has 0 spiro atoms. The third-order valence-corrected chi connectivity index (χ3v) is 4.09. The smallest absolute Gasteiger partial charge is 0.224 e. The number of carbonyl (C=O) groups excluding carboxylic acids is 1. The van der Waals surface area contributed by atoms with E-state index in [2.05, 4.69) is 17.2 Å². The maximum absolute atomic E-state index is 11.8. The Hall–Kier alpha value is -1.61. The lowest BCUT2D eigenvalue weighted by atomic mass is 10.2. The monoisotopic (exact) mass is 291 g/mol. The Labute approximate surface area is 119 Å². The number of aliphatic hydroxyl groups is 1. The van der Waals surface area contributed by atoms with E-state index in [0.29, 0.717) is 13.0 Å². The van der Waals surface area contributed by atoms with Crippen LogP contribution >= 0.6 is 22.7 Å². The van der Waals surface area contributed by atoms with E-state index in [1.807, 2.05) is 28.3 Å². The minimum absolute atomic E-state index is 0.00728. The zero-order valence-corrected chi connectivity index (χ0v) is 11.8. The topological polar surface area (TPSA) is 49.3 Å². The molecule has 2 heterocycles. The number of amides is 1. The molecule has 3 nitrogen and oxygen atoms in total. The molecule has 0 atom stereocenters. The summed E-state index contributed by atoms with van der Waals surface area (Å²) in [6, 6.07) is 3.85. The first kappa shape index (κ1) is 13.8. The van der Waals surface area contributed by atoms with E-state index in [4.69, 9.17) is 5.11 Å². The molecule has 0 unspecified atom stereocenters. The highest BCUT2D eigenvalue weighted by Gasteiger charge is 2.06. The number of carbonyl (C=O) groups is 1. The summed E-state index contributed by atoms with van der Waals surface area (Å²) in [5.41, 5.74) is 1.91. The molecule has 2 aromatic heterocycles. The normalized spacial score (nSPS) is 9.74. The van der Waals surface area contributed by atoms with E-state index in [9.17, 15) is 4.79 Å². The van der Waals surface area contributed by atoms with E-state index in [1.54, 1.807) is 22.7 Å². The molecule has 0 fully saturated rings. The Morgan fingerprint density at radius 2 is 2.26 bits per heavy atom. The van der Waals surface area contributed by atoms with Crippen LogP contribution in [0.2, 0.25) is 0 Å². The molecule has 2 rings (SSSR count). The maximum Gasteiger partial charge on any atom is 0.224 e. The van der Waals surface area contributed by atoms with Gasteiger partial charge in [0.2, 0.25) is 5.91 Å². The summed E-state index contributed by atoms with van der Waals surface area (Å²) < 4.78 is 0. The Morgan fingerprint density at radius 3 is 3.00 bits per heavy atom. The van der Waals surface area contributed by atoms with Gasteiger partial charge in [-0.2, -0.15) is 11.3 Å². The van der Waals surface area contributed by atoms with Gasteiger partial charge >= 0.3 is 0 Å². The Balaban J connectivity index is 1.88. The van der Waals surface area contributed by atoms with Crippen LogP contribution in [0.15, 0.2) is 28.3 Å². The van der Waals surface area contributed by atoms with Gasteiger partial charge in [0, 0.05) is 10.4 Å². The first-order chi connectivity index (χ1) is 9.29. The fourth-order valence-corrected chi connectivity index (χ4v) is 2.98. The lowest BCUT2D eigenvalue weighted by Gasteiger charge is -2.03. The number of rotatable bonds is 4. The van der Waals surface area contributed by atoms with Crippen molar-refractivity contribution in [2.45, 2.75) is 13.0 Å². The number of aliphatic hydroxyl groups excluding tert-OH is 1. The van der Waals surface area contributed by atoms with Crippen molar-refractivity contribution in [3.63, 3.8) is 0 Å². The highest BCUT2D eigenvalue weighted by molar-refractivity contribution is 7.10. The molecule has 0 saturated carbocycles. The molecule has 0 saturated heterocycles. The van der Waals surface area contributed by atoms with E-state index >= 15 is 0 Å². The van der Waals surface area contributed by atoms with E-state index < -0.39 is 0 Å². The average molecular weight is 291 g/mol. The SMILES string of the molecule is O=C(Cc1ccsc1)NCc1sccc1C#CCO. The standard InChI is InChI=1S/C14H13NO2S2/c16-5-1-2-12-4-7-19-13(12)9-15-14(17)8-11-3-6-18-10-11/h3-4,6-7,10,16H,5,8-9H2,(H,15,17). The third kappa shape index (κ3) is 4.21. The lowest BCUT2D eigenvalue weighted by molar-refractivity contribution is -0.120. The van der Waals surface area contributed by atoms with Crippen LogP contribution in [0.3, 0.4) is 0 Å². The fourth-order valence-electron chi connectivity index (χ4n) is 1.54. The first-order valence-electron chi connectivity index (χ1n) is 5.73. The maximum atomic E-state index is 11.8. The second-order valence-electron chi connectivity index (χ2n) is 3.80. The van der Waals surface area contributed by atoms with Crippen LogP contribution in [0.5, 0.6) is 0 Å². The molecular weight excluding hydrogens is 278 g/mol. The summed E-state index contributed by atoms with van der Waals surface area (Å²) >= 11 is 3.14. The minimum Gasteiger partial charge on any atom is -0.384 e. The van der Waals surface area contributed by atoms with Gasteiger partial charge in [-0.3, -0.25) is 4.79 Å². The van der Waals surface area contributed by atoms with E-state index in [-0.39, 0.29) is 12.5 Å². The summed E-state index contributed by atoms with van der Waals surface area (Å²) in [6.45, 7) is 0.329. The van der Waals surface area contributed by atoms with Crippen LogP contribution in [0.1, 0.15) is 16.0 Å². The molecule has 5 heteroatoms. The molecule has 0 aliphatic carbocycles.